The maximum atomic E-state index is 13.8. The Hall–Kier alpha value is -2.04. The van der Waals surface area contributed by atoms with Gasteiger partial charge in [0.15, 0.2) is 0 Å². The topological polar surface area (TPSA) is 60.7 Å². The van der Waals surface area contributed by atoms with E-state index in [1.165, 1.54) is 18.0 Å². The van der Waals surface area contributed by atoms with E-state index >= 15 is 0 Å². The van der Waals surface area contributed by atoms with Crippen LogP contribution in [0.15, 0.2) is 52.1 Å². The quantitative estimate of drug-likeness (QED) is 0.594. The minimum absolute atomic E-state index is 0.114. The second-order valence-electron chi connectivity index (χ2n) is 4.93. The Morgan fingerprint density at radius 2 is 2.26 bits per heavy atom. The van der Waals surface area contributed by atoms with Crippen molar-refractivity contribution in [2.45, 2.75) is 12.5 Å². The molecule has 23 heavy (non-hydrogen) atoms. The Balaban J connectivity index is 1.59. The van der Waals surface area contributed by atoms with Crippen molar-refractivity contribution in [3.05, 3.63) is 69.2 Å². The summed E-state index contributed by atoms with van der Waals surface area (Å²) >= 11 is 4.72. The molecule has 0 saturated heterocycles. The second-order valence-corrected chi connectivity index (χ2v) is 6.67. The number of benzene rings is 1. The van der Waals surface area contributed by atoms with Crippen molar-refractivity contribution in [3.8, 4) is 6.07 Å². The Morgan fingerprint density at radius 1 is 1.39 bits per heavy atom. The summed E-state index contributed by atoms with van der Waals surface area (Å²) in [6, 6.07) is 12.2. The molecule has 2 heterocycles. The van der Waals surface area contributed by atoms with E-state index in [0.717, 1.165) is 21.6 Å². The number of aromatic nitrogens is 1. The lowest BCUT2D eigenvalue weighted by molar-refractivity contribution is 0.632. The first kappa shape index (κ1) is 15.8. The van der Waals surface area contributed by atoms with Gasteiger partial charge in [-0.05, 0) is 58.2 Å². The molecular formula is C16H12BrFN4S. The third kappa shape index (κ3) is 3.84. The van der Waals surface area contributed by atoms with Gasteiger partial charge in [0.05, 0.1) is 29.1 Å². The minimum atomic E-state index is -0.437. The SMILES string of the molecule is N#Cc1ccc(NSC2=CNC(c3cccc(Br)n3)C2)c(F)c1. The third-order valence-corrected chi connectivity index (χ3v) is 4.65. The zero-order valence-electron chi connectivity index (χ0n) is 11.9. The fourth-order valence-corrected chi connectivity index (χ4v) is 3.32. The predicted molar refractivity (Wildman–Crippen MR) is 92.8 cm³/mol. The Bertz CT molecular complexity index is 803. The summed E-state index contributed by atoms with van der Waals surface area (Å²) in [6.07, 6.45) is 2.69. The van der Waals surface area contributed by atoms with Crippen LogP contribution < -0.4 is 10.0 Å². The highest BCUT2D eigenvalue weighted by Crippen LogP contribution is 2.33. The highest BCUT2D eigenvalue weighted by atomic mass is 79.9. The van der Waals surface area contributed by atoms with Crippen molar-refractivity contribution in [2.75, 3.05) is 4.72 Å². The normalized spacial score (nSPS) is 16.4. The molecule has 7 heteroatoms. The monoisotopic (exact) mass is 390 g/mol. The first-order valence-electron chi connectivity index (χ1n) is 6.86. The molecule has 1 aromatic carbocycles. The lowest BCUT2D eigenvalue weighted by Gasteiger charge is -2.11. The largest absolute Gasteiger partial charge is 0.381 e. The van der Waals surface area contributed by atoms with E-state index in [1.54, 1.807) is 12.1 Å². The van der Waals surface area contributed by atoms with Gasteiger partial charge in [-0.2, -0.15) is 5.26 Å². The van der Waals surface area contributed by atoms with Crippen molar-refractivity contribution in [3.63, 3.8) is 0 Å². The van der Waals surface area contributed by atoms with Crippen LogP contribution in [0.25, 0.3) is 0 Å². The predicted octanol–water partition coefficient (Wildman–Crippen LogP) is 4.49. The van der Waals surface area contributed by atoms with Gasteiger partial charge in [-0.1, -0.05) is 6.07 Å². The van der Waals surface area contributed by atoms with Crippen molar-refractivity contribution in [2.24, 2.45) is 0 Å². The van der Waals surface area contributed by atoms with Crippen molar-refractivity contribution < 1.29 is 4.39 Å². The van der Waals surface area contributed by atoms with Crippen LogP contribution >= 0.6 is 27.9 Å². The van der Waals surface area contributed by atoms with Crippen LogP contribution in [0.1, 0.15) is 23.7 Å². The fourth-order valence-electron chi connectivity index (χ4n) is 2.18. The van der Waals surface area contributed by atoms with E-state index in [4.69, 9.17) is 5.26 Å². The van der Waals surface area contributed by atoms with E-state index in [0.29, 0.717) is 11.3 Å². The molecule has 1 aliphatic rings. The number of anilines is 1. The number of hydrogen-bond acceptors (Lipinski definition) is 5. The van der Waals surface area contributed by atoms with E-state index in [1.807, 2.05) is 30.5 Å². The van der Waals surface area contributed by atoms with Gasteiger partial charge in [-0.15, -0.1) is 0 Å². The summed E-state index contributed by atoms with van der Waals surface area (Å²) in [4.78, 5) is 5.50. The minimum Gasteiger partial charge on any atom is -0.381 e. The molecule has 0 fully saturated rings. The Kier molecular flexibility index (Phi) is 4.84. The fraction of sp³-hybridized carbons (Fsp3) is 0.125. The molecule has 1 atom stereocenters. The van der Waals surface area contributed by atoms with Gasteiger partial charge >= 0.3 is 0 Å². The summed E-state index contributed by atoms with van der Waals surface area (Å²) in [7, 11) is 0. The summed E-state index contributed by atoms with van der Waals surface area (Å²) in [5.41, 5.74) is 1.62. The van der Waals surface area contributed by atoms with Crippen LogP contribution in [0.5, 0.6) is 0 Å². The zero-order valence-corrected chi connectivity index (χ0v) is 14.3. The van der Waals surface area contributed by atoms with Crippen LogP contribution in [0.4, 0.5) is 10.1 Å². The highest BCUT2D eigenvalue weighted by Gasteiger charge is 2.20. The Morgan fingerprint density at radius 3 is 3.00 bits per heavy atom. The molecule has 2 N–H and O–H groups in total. The number of hydrogen-bond donors (Lipinski definition) is 2. The molecule has 0 amide bonds. The van der Waals surface area contributed by atoms with Crippen molar-refractivity contribution >= 4 is 33.6 Å². The van der Waals surface area contributed by atoms with Gasteiger partial charge in [0, 0.05) is 17.5 Å². The van der Waals surface area contributed by atoms with E-state index in [2.05, 4.69) is 31.0 Å². The van der Waals surface area contributed by atoms with E-state index in [9.17, 15) is 4.39 Å². The zero-order chi connectivity index (χ0) is 16.2. The number of halogens is 2. The molecule has 0 aliphatic carbocycles. The summed E-state index contributed by atoms with van der Waals surface area (Å²) in [5.74, 6) is -0.437. The van der Waals surface area contributed by atoms with Crippen LogP contribution in [0, 0.1) is 17.1 Å². The Labute approximate surface area is 146 Å². The number of nitrogens with one attached hydrogen (secondary N) is 2. The number of pyridine rings is 1. The lowest BCUT2D eigenvalue weighted by Crippen LogP contribution is -2.11. The maximum absolute atomic E-state index is 13.8. The standard InChI is InChI=1S/C16H12BrFN4S/c17-16-3-1-2-14(21-16)15-7-11(9-20-15)23-22-13-5-4-10(8-19)6-12(13)18/h1-6,9,15,20,22H,7H2. The molecule has 0 radical (unpaired) electrons. The smallest absolute Gasteiger partial charge is 0.148 e. The molecule has 2 aromatic rings. The van der Waals surface area contributed by atoms with Crippen LogP contribution in [0.3, 0.4) is 0 Å². The summed E-state index contributed by atoms with van der Waals surface area (Å²) < 4.78 is 17.6. The van der Waals surface area contributed by atoms with E-state index in [-0.39, 0.29) is 6.04 Å². The first-order valence-corrected chi connectivity index (χ1v) is 8.47. The van der Waals surface area contributed by atoms with Gasteiger partial charge in [-0.25, -0.2) is 9.37 Å². The van der Waals surface area contributed by atoms with E-state index < -0.39 is 5.82 Å². The molecule has 0 saturated carbocycles. The molecule has 0 bridgehead atoms. The molecule has 0 spiro atoms. The molecular weight excluding hydrogens is 379 g/mol. The number of nitrogens with zero attached hydrogens (tertiary/aromatic N) is 2. The lowest BCUT2D eigenvalue weighted by atomic mass is 10.1. The molecule has 116 valence electrons. The highest BCUT2D eigenvalue weighted by molar-refractivity contribution is 9.10. The van der Waals surface area contributed by atoms with Gasteiger partial charge in [-0.3, -0.25) is 0 Å². The first-order chi connectivity index (χ1) is 11.2. The third-order valence-electron chi connectivity index (χ3n) is 3.33. The molecule has 3 rings (SSSR count). The summed E-state index contributed by atoms with van der Waals surface area (Å²) in [6.45, 7) is 0. The average molecular weight is 391 g/mol. The number of nitriles is 1. The van der Waals surface area contributed by atoms with Crippen molar-refractivity contribution in [1.29, 1.82) is 5.26 Å². The van der Waals surface area contributed by atoms with Crippen LogP contribution in [-0.4, -0.2) is 4.98 Å². The maximum Gasteiger partial charge on any atom is 0.148 e. The molecule has 4 nitrogen and oxygen atoms in total. The average Bonchev–Trinajstić information content (AvgIpc) is 3.02. The van der Waals surface area contributed by atoms with Gasteiger partial charge < -0.3 is 10.0 Å². The van der Waals surface area contributed by atoms with Crippen molar-refractivity contribution in [1.82, 2.24) is 10.3 Å². The molecule has 1 unspecified atom stereocenters. The van der Waals surface area contributed by atoms with Gasteiger partial charge in [0.25, 0.3) is 0 Å². The second kappa shape index (κ2) is 7.02. The molecule has 1 aromatic heterocycles. The number of rotatable bonds is 4. The van der Waals surface area contributed by atoms with Crippen LogP contribution in [0.2, 0.25) is 0 Å². The summed E-state index contributed by atoms with van der Waals surface area (Å²) in [5, 5.41) is 12.0. The van der Waals surface area contributed by atoms with Crippen LogP contribution in [-0.2, 0) is 0 Å². The van der Waals surface area contributed by atoms with Gasteiger partial charge in [0.1, 0.15) is 10.4 Å². The molecule has 1 aliphatic heterocycles. The van der Waals surface area contributed by atoms with Gasteiger partial charge in [0.2, 0.25) is 0 Å².